The van der Waals surface area contributed by atoms with Crippen molar-refractivity contribution in [1.29, 1.82) is 0 Å². The van der Waals surface area contributed by atoms with E-state index in [1.807, 2.05) is 23.9 Å². The lowest BCUT2D eigenvalue weighted by molar-refractivity contribution is 0.278. The van der Waals surface area contributed by atoms with E-state index in [0.717, 1.165) is 18.2 Å². The maximum absolute atomic E-state index is 5.81. The van der Waals surface area contributed by atoms with Crippen molar-refractivity contribution in [3.8, 4) is 0 Å². The normalized spacial score (nSPS) is 21.7. The number of hydrogen-bond acceptors (Lipinski definition) is 5. The Labute approximate surface area is 70.9 Å². The van der Waals surface area contributed by atoms with Crippen LogP contribution < -0.4 is 5.73 Å². The van der Waals surface area contributed by atoms with Crippen molar-refractivity contribution in [2.24, 2.45) is 15.7 Å². The van der Waals surface area contributed by atoms with Gasteiger partial charge in [0.15, 0.2) is 5.84 Å². The van der Waals surface area contributed by atoms with Crippen LogP contribution in [-0.4, -0.2) is 42.7 Å². The van der Waals surface area contributed by atoms with E-state index in [1.54, 1.807) is 0 Å². The van der Waals surface area contributed by atoms with Crippen LogP contribution in [0.25, 0.3) is 0 Å². The first-order chi connectivity index (χ1) is 5.70. The fraction of sp³-hybridized carbons (Fsp3) is 0.429. The van der Waals surface area contributed by atoms with E-state index in [1.165, 1.54) is 6.34 Å². The number of hydrogen-bond donors (Lipinski definition) is 1. The van der Waals surface area contributed by atoms with E-state index in [-0.39, 0.29) is 0 Å². The molecule has 0 unspecified atom stereocenters. The molecule has 0 radical (unpaired) electrons. The molecule has 0 aromatic carbocycles. The Morgan fingerprint density at radius 3 is 2.92 bits per heavy atom. The van der Waals surface area contributed by atoms with Crippen molar-refractivity contribution in [3.63, 3.8) is 0 Å². The molecule has 0 aromatic rings. The third-order valence-corrected chi connectivity index (χ3v) is 2.02. The summed E-state index contributed by atoms with van der Waals surface area (Å²) >= 11 is 0. The third kappa shape index (κ3) is 0.792. The topological polar surface area (TPSA) is 57.2 Å². The van der Waals surface area contributed by atoms with Crippen molar-refractivity contribution < 1.29 is 0 Å². The molecule has 64 valence electrons. The van der Waals surface area contributed by atoms with Gasteiger partial charge in [-0.3, -0.25) is 0 Å². The Hall–Kier alpha value is -1.52. The van der Waals surface area contributed by atoms with Crippen molar-refractivity contribution in [1.82, 2.24) is 9.80 Å². The zero-order valence-electron chi connectivity index (χ0n) is 7.15. The molecule has 0 aliphatic carbocycles. The largest absolute Gasteiger partial charge is 0.383 e. The average Bonchev–Trinajstić information content (AvgIpc) is 2.48. The van der Waals surface area contributed by atoms with Crippen LogP contribution in [0.3, 0.4) is 0 Å². The molecule has 0 saturated heterocycles. The van der Waals surface area contributed by atoms with Gasteiger partial charge in [-0.15, -0.1) is 0 Å². The highest BCUT2D eigenvalue weighted by Crippen LogP contribution is 2.18. The molecule has 2 aliphatic rings. The highest BCUT2D eigenvalue weighted by molar-refractivity contribution is 6.07. The Bertz CT molecular complexity index is 301. The number of amidine groups is 1. The maximum Gasteiger partial charge on any atom is 0.161 e. The quantitative estimate of drug-likeness (QED) is 0.521. The summed E-state index contributed by atoms with van der Waals surface area (Å²) in [5.41, 5.74) is 6.59. The number of fused-ring (bicyclic) bond motifs is 1. The van der Waals surface area contributed by atoms with Crippen molar-refractivity contribution in [3.05, 3.63) is 11.5 Å². The van der Waals surface area contributed by atoms with Gasteiger partial charge in [-0.05, 0) is 0 Å². The molecule has 12 heavy (non-hydrogen) atoms. The molecule has 0 fully saturated rings. The predicted molar refractivity (Wildman–Crippen MR) is 47.5 cm³/mol. The number of nitrogens with zero attached hydrogens (tertiary/aromatic N) is 4. The molecule has 2 aliphatic heterocycles. The summed E-state index contributed by atoms with van der Waals surface area (Å²) in [4.78, 5) is 12.1. The standard InChI is InChI=1S/C7H11N5/c1-11-4-12(2)7-5(6(11)8)9-3-10-7/h3H,4,8H2,1-2H3. The third-order valence-electron chi connectivity index (χ3n) is 2.02. The number of aliphatic imine (C=N–C) groups is 2. The summed E-state index contributed by atoms with van der Waals surface area (Å²) in [5, 5.41) is 0. The van der Waals surface area contributed by atoms with Crippen LogP contribution in [0.4, 0.5) is 0 Å². The predicted octanol–water partition coefficient (Wildman–Crippen LogP) is -0.611. The zero-order valence-corrected chi connectivity index (χ0v) is 7.15. The molecule has 5 nitrogen and oxygen atoms in total. The second-order valence-electron chi connectivity index (χ2n) is 2.97. The molecule has 0 atom stereocenters. The van der Waals surface area contributed by atoms with Crippen LogP contribution in [0, 0.1) is 0 Å². The summed E-state index contributed by atoms with van der Waals surface area (Å²) in [7, 11) is 3.90. The zero-order chi connectivity index (χ0) is 8.72. The Morgan fingerprint density at radius 2 is 2.17 bits per heavy atom. The fourth-order valence-corrected chi connectivity index (χ4v) is 1.36. The minimum absolute atomic E-state index is 0.695. The van der Waals surface area contributed by atoms with Crippen molar-refractivity contribution in [2.45, 2.75) is 0 Å². The van der Waals surface area contributed by atoms with E-state index in [9.17, 15) is 0 Å². The van der Waals surface area contributed by atoms with Crippen LogP contribution >= 0.6 is 0 Å². The average molecular weight is 165 g/mol. The second-order valence-corrected chi connectivity index (χ2v) is 2.97. The van der Waals surface area contributed by atoms with Gasteiger partial charge in [-0.1, -0.05) is 0 Å². The molecule has 2 rings (SSSR count). The van der Waals surface area contributed by atoms with Crippen molar-refractivity contribution in [2.75, 3.05) is 20.8 Å². The van der Waals surface area contributed by atoms with Crippen molar-refractivity contribution >= 4 is 12.2 Å². The lowest BCUT2D eigenvalue weighted by atomic mass is 10.3. The summed E-state index contributed by atoms with van der Waals surface area (Å²) in [6.45, 7) is 0.761. The number of nitrogens with two attached hydrogens (primary N) is 1. The second kappa shape index (κ2) is 2.23. The first kappa shape index (κ1) is 7.15. The lowest BCUT2D eigenvalue weighted by Crippen LogP contribution is -2.44. The van der Waals surface area contributed by atoms with Crippen LogP contribution in [0.15, 0.2) is 21.5 Å². The van der Waals surface area contributed by atoms with Gasteiger partial charge in [0, 0.05) is 14.1 Å². The van der Waals surface area contributed by atoms with Gasteiger partial charge < -0.3 is 15.5 Å². The molecule has 5 heteroatoms. The van der Waals surface area contributed by atoms with E-state index >= 15 is 0 Å². The number of rotatable bonds is 0. The maximum atomic E-state index is 5.81. The summed E-state index contributed by atoms with van der Waals surface area (Å²) in [6.07, 6.45) is 1.53. The van der Waals surface area contributed by atoms with Crippen LogP contribution in [0.5, 0.6) is 0 Å². The highest BCUT2D eigenvalue weighted by Gasteiger charge is 2.25. The van der Waals surface area contributed by atoms with Gasteiger partial charge in [0.25, 0.3) is 0 Å². The molecule has 0 bridgehead atoms. The monoisotopic (exact) mass is 165 g/mol. The molecular formula is C7H11N5. The van der Waals surface area contributed by atoms with Gasteiger partial charge in [-0.25, -0.2) is 9.98 Å². The van der Waals surface area contributed by atoms with Crippen LogP contribution in [-0.2, 0) is 0 Å². The van der Waals surface area contributed by atoms with Gasteiger partial charge >= 0.3 is 0 Å². The van der Waals surface area contributed by atoms with E-state index in [2.05, 4.69) is 9.98 Å². The molecule has 0 saturated carbocycles. The molecule has 2 heterocycles. The van der Waals surface area contributed by atoms with Crippen LogP contribution in [0.2, 0.25) is 0 Å². The summed E-state index contributed by atoms with van der Waals surface area (Å²) in [6, 6.07) is 0. The molecule has 0 aromatic heterocycles. The SMILES string of the molecule is CN1CN(C)C(N)=C2N=CN=C21. The Balaban J connectivity index is 2.47. The van der Waals surface area contributed by atoms with Gasteiger partial charge in [-0.2, -0.15) is 0 Å². The summed E-state index contributed by atoms with van der Waals surface area (Å²) < 4.78 is 0. The van der Waals surface area contributed by atoms with E-state index < -0.39 is 0 Å². The minimum Gasteiger partial charge on any atom is -0.383 e. The van der Waals surface area contributed by atoms with E-state index in [0.29, 0.717) is 5.82 Å². The molecule has 0 spiro atoms. The lowest BCUT2D eigenvalue weighted by Gasteiger charge is -2.33. The molecule has 0 amide bonds. The Morgan fingerprint density at radius 1 is 1.42 bits per heavy atom. The first-order valence-electron chi connectivity index (χ1n) is 3.73. The highest BCUT2D eigenvalue weighted by atomic mass is 15.4. The first-order valence-corrected chi connectivity index (χ1v) is 3.73. The fourth-order valence-electron chi connectivity index (χ4n) is 1.36. The van der Waals surface area contributed by atoms with Gasteiger partial charge in [0.05, 0.1) is 6.67 Å². The molecular weight excluding hydrogens is 154 g/mol. The minimum atomic E-state index is 0.695. The van der Waals surface area contributed by atoms with Gasteiger partial charge in [0.2, 0.25) is 0 Å². The molecule has 2 N–H and O–H groups in total. The van der Waals surface area contributed by atoms with Crippen LogP contribution in [0.1, 0.15) is 0 Å². The van der Waals surface area contributed by atoms with Gasteiger partial charge in [0.1, 0.15) is 17.9 Å². The van der Waals surface area contributed by atoms with E-state index in [4.69, 9.17) is 5.73 Å². The summed E-state index contributed by atoms with van der Waals surface area (Å²) in [5.74, 6) is 1.56. The smallest absolute Gasteiger partial charge is 0.161 e. The number of likely N-dealkylation sites (N-methyl/N-ethyl adjacent to an activating group) is 1. The Kier molecular flexibility index (Phi) is 1.33.